The van der Waals surface area contributed by atoms with Crippen molar-refractivity contribution < 1.29 is 9.90 Å². The molecule has 2 N–H and O–H groups in total. The summed E-state index contributed by atoms with van der Waals surface area (Å²) in [5.41, 5.74) is 1.08. The van der Waals surface area contributed by atoms with E-state index in [2.05, 4.69) is 9.36 Å². The molecule has 15 heavy (non-hydrogen) atoms. The Hall–Kier alpha value is -1.53. The van der Waals surface area contributed by atoms with Crippen molar-refractivity contribution in [2.24, 2.45) is 0 Å². The number of rotatable bonds is 2. The largest absolute Gasteiger partial charge is 0.478 e. The fourth-order valence-electron chi connectivity index (χ4n) is 1.12. The van der Waals surface area contributed by atoms with E-state index < -0.39 is 5.97 Å². The van der Waals surface area contributed by atoms with E-state index in [1.807, 2.05) is 0 Å². The number of nitrogens with one attached hydrogen (secondary N) is 1. The quantitative estimate of drug-likeness (QED) is 0.789. The minimum absolute atomic E-state index is 0.257. The molecule has 1 heterocycles. The van der Waals surface area contributed by atoms with Crippen molar-refractivity contribution in [2.45, 2.75) is 0 Å². The monoisotopic (exact) mass is 238 g/mol. The normalized spacial score (nSPS) is 10.1. The Labute approximate surface area is 94.4 Å². The first-order valence-corrected chi connectivity index (χ1v) is 5.28. The Morgan fingerprint density at radius 1 is 1.40 bits per heavy atom. The molecule has 0 radical (unpaired) electrons. The molecule has 76 valence electrons. The second-order valence-electron chi connectivity index (χ2n) is 2.81. The predicted octanol–water partition coefficient (Wildman–Crippen LogP) is 2.57. The molecule has 1 aromatic carbocycles. The molecule has 0 aliphatic rings. The summed E-state index contributed by atoms with van der Waals surface area (Å²) >= 11 is 6.15. The highest BCUT2D eigenvalue weighted by atomic mass is 32.2. The molecule has 0 aliphatic carbocycles. The molecule has 1 aromatic heterocycles. The summed E-state index contributed by atoms with van der Waals surface area (Å²) in [5.74, 6) is -0.269. The van der Waals surface area contributed by atoms with Gasteiger partial charge in [-0.1, -0.05) is 12.1 Å². The van der Waals surface area contributed by atoms with Gasteiger partial charge in [-0.3, -0.25) is 4.37 Å². The van der Waals surface area contributed by atoms with Gasteiger partial charge in [0.15, 0.2) is 3.95 Å². The molecule has 2 rings (SSSR count). The maximum absolute atomic E-state index is 10.6. The van der Waals surface area contributed by atoms with Crippen LogP contribution in [0.15, 0.2) is 24.3 Å². The van der Waals surface area contributed by atoms with Crippen LogP contribution in [-0.2, 0) is 0 Å². The molecule has 4 nitrogen and oxygen atoms in total. The predicted molar refractivity (Wildman–Crippen MR) is 59.7 cm³/mol. The van der Waals surface area contributed by atoms with Gasteiger partial charge >= 0.3 is 5.97 Å². The maximum Gasteiger partial charge on any atom is 0.335 e. The highest BCUT2D eigenvalue weighted by Gasteiger charge is 2.04. The van der Waals surface area contributed by atoms with Crippen LogP contribution in [0, 0.1) is 3.95 Å². The van der Waals surface area contributed by atoms with Crippen LogP contribution in [-0.4, -0.2) is 20.4 Å². The van der Waals surface area contributed by atoms with Crippen molar-refractivity contribution in [3.8, 4) is 11.4 Å². The average molecular weight is 238 g/mol. The van der Waals surface area contributed by atoms with Crippen LogP contribution in [0.2, 0.25) is 0 Å². The van der Waals surface area contributed by atoms with Crippen LogP contribution in [0.3, 0.4) is 0 Å². The number of carboxylic acids is 1. The minimum atomic E-state index is -0.937. The first-order chi connectivity index (χ1) is 7.16. The Morgan fingerprint density at radius 3 is 2.53 bits per heavy atom. The standard InChI is InChI=1S/C9H6N2O2S2/c12-8(13)6-3-1-5(2-4-6)7-10-9(14)15-11-7/h1-4H,(H,12,13)(H,10,11,14). The van der Waals surface area contributed by atoms with Crippen molar-refractivity contribution >= 4 is 29.7 Å². The van der Waals surface area contributed by atoms with Crippen LogP contribution < -0.4 is 0 Å². The lowest BCUT2D eigenvalue weighted by molar-refractivity contribution is 0.0697. The van der Waals surface area contributed by atoms with E-state index in [-0.39, 0.29) is 5.56 Å². The molecule has 0 bridgehead atoms. The molecule has 0 unspecified atom stereocenters. The number of aromatic nitrogens is 2. The van der Waals surface area contributed by atoms with Gasteiger partial charge in [-0.2, -0.15) is 0 Å². The average Bonchev–Trinajstić information content (AvgIpc) is 2.65. The summed E-state index contributed by atoms with van der Waals surface area (Å²) in [7, 11) is 0. The first kappa shape index (κ1) is 10.0. The second-order valence-corrected chi connectivity index (χ2v) is 4.25. The summed E-state index contributed by atoms with van der Waals surface area (Å²) in [6.07, 6.45) is 0. The zero-order valence-corrected chi connectivity index (χ0v) is 9.06. The van der Waals surface area contributed by atoms with E-state index in [4.69, 9.17) is 17.3 Å². The van der Waals surface area contributed by atoms with Crippen LogP contribution in [0.4, 0.5) is 0 Å². The molecule has 0 saturated heterocycles. The molecule has 0 amide bonds. The van der Waals surface area contributed by atoms with E-state index in [0.29, 0.717) is 9.78 Å². The van der Waals surface area contributed by atoms with Crippen LogP contribution in [0.5, 0.6) is 0 Å². The molecular formula is C9H6N2O2S2. The molecule has 0 aliphatic heterocycles. The fourth-order valence-corrected chi connectivity index (χ4v) is 1.82. The third-order valence-corrected chi connectivity index (χ3v) is 2.75. The molecule has 2 aromatic rings. The van der Waals surface area contributed by atoms with Crippen molar-refractivity contribution in [1.29, 1.82) is 0 Å². The SMILES string of the molecule is O=C(O)c1ccc(-c2nc(=S)s[nH]2)cc1. The summed E-state index contributed by atoms with van der Waals surface area (Å²) in [6, 6.07) is 6.47. The van der Waals surface area contributed by atoms with Gasteiger partial charge in [-0.05, 0) is 35.9 Å². The van der Waals surface area contributed by atoms with Gasteiger partial charge in [0.25, 0.3) is 0 Å². The third kappa shape index (κ3) is 2.11. The number of aromatic carboxylic acids is 1. The number of carbonyl (C=O) groups is 1. The van der Waals surface area contributed by atoms with Crippen molar-refractivity contribution in [3.63, 3.8) is 0 Å². The van der Waals surface area contributed by atoms with Crippen LogP contribution in [0.25, 0.3) is 11.4 Å². The Morgan fingerprint density at radius 2 is 2.07 bits per heavy atom. The number of aromatic amines is 1. The van der Waals surface area contributed by atoms with E-state index in [0.717, 1.165) is 5.56 Å². The summed E-state index contributed by atoms with van der Waals surface area (Å²) in [5, 5.41) is 8.71. The molecule has 0 spiro atoms. The van der Waals surface area contributed by atoms with E-state index >= 15 is 0 Å². The number of nitrogens with zero attached hydrogens (tertiary/aromatic N) is 1. The Balaban J connectivity index is 2.39. The number of H-pyrrole nitrogens is 1. The number of hydrogen-bond acceptors (Lipinski definition) is 4. The topological polar surface area (TPSA) is 66.0 Å². The third-order valence-electron chi connectivity index (χ3n) is 1.84. The summed E-state index contributed by atoms with van der Waals surface area (Å²) in [6.45, 7) is 0. The maximum atomic E-state index is 10.6. The van der Waals surface area contributed by atoms with Crippen molar-refractivity contribution in [2.75, 3.05) is 0 Å². The highest BCUT2D eigenvalue weighted by Crippen LogP contribution is 2.17. The Bertz CT molecular complexity index is 542. The van der Waals surface area contributed by atoms with Gasteiger partial charge in [-0.25, -0.2) is 9.78 Å². The molecule has 0 fully saturated rings. The van der Waals surface area contributed by atoms with Gasteiger partial charge < -0.3 is 5.11 Å². The van der Waals surface area contributed by atoms with E-state index in [1.54, 1.807) is 12.1 Å². The van der Waals surface area contributed by atoms with Gasteiger partial charge in [0.2, 0.25) is 0 Å². The lowest BCUT2D eigenvalue weighted by Gasteiger charge is -1.96. The number of benzene rings is 1. The molecule has 0 saturated carbocycles. The second kappa shape index (κ2) is 3.92. The fraction of sp³-hybridized carbons (Fsp3) is 0. The molecule has 0 atom stereocenters. The van der Waals surface area contributed by atoms with Crippen molar-refractivity contribution in [1.82, 2.24) is 9.36 Å². The first-order valence-electron chi connectivity index (χ1n) is 4.06. The minimum Gasteiger partial charge on any atom is -0.478 e. The van der Waals surface area contributed by atoms with Crippen LogP contribution >= 0.6 is 23.8 Å². The number of carboxylic acid groups (broad SMARTS) is 1. The van der Waals surface area contributed by atoms with Crippen molar-refractivity contribution in [3.05, 3.63) is 33.8 Å². The zero-order chi connectivity index (χ0) is 10.8. The van der Waals surface area contributed by atoms with E-state index in [9.17, 15) is 4.79 Å². The highest BCUT2D eigenvalue weighted by molar-refractivity contribution is 7.73. The van der Waals surface area contributed by atoms with Gasteiger partial charge in [-0.15, -0.1) is 0 Å². The van der Waals surface area contributed by atoms with E-state index in [1.165, 1.54) is 23.7 Å². The van der Waals surface area contributed by atoms with Gasteiger partial charge in [0.05, 0.1) is 5.56 Å². The molecule has 6 heteroatoms. The molecular weight excluding hydrogens is 232 g/mol. The Kier molecular flexibility index (Phi) is 2.61. The summed E-state index contributed by atoms with van der Waals surface area (Å²) < 4.78 is 3.48. The smallest absolute Gasteiger partial charge is 0.335 e. The van der Waals surface area contributed by atoms with Gasteiger partial charge in [0, 0.05) is 5.56 Å². The number of hydrogen-bond donors (Lipinski definition) is 2. The van der Waals surface area contributed by atoms with Gasteiger partial charge in [0.1, 0.15) is 5.82 Å². The lowest BCUT2D eigenvalue weighted by atomic mass is 10.1. The summed E-state index contributed by atoms with van der Waals surface area (Å²) in [4.78, 5) is 14.7. The van der Waals surface area contributed by atoms with Crippen LogP contribution in [0.1, 0.15) is 10.4 Å². The zero-order valence-electron chi connectivity index (χ0n) is 7.43. The lowest BCUT2D eigenvalue weighted by Crippen LogP contribution is -1.95.